The van der Waals surface area contributed by atoms with Crippen molar-refractivity contribution in [2.24, 2.45) is 0 Å². The topological polar surface area (TPSA) is 40.5 Å². The molecule has 1 aromatic rings. The van der Waals surface area contributed by atoms with E-state index in [1.54, 1.807) is 18.3 Å². The number of aliphatic hydroxyl groups excluding tert-OH is 1. The van der Waals surface area contributed by atoms with Gasteiger partial charge in [0.25, 0.3) is 0 Å². The summed E-state index contributed by atoms with van der Waals surface area (Å²) < 4.78 is 0. The first-order valence-electron chi connectivity index (χ1n) is 6.15. The van der Waals surface area contributed by atoms with Crippen LogP contribution in [0.4, 0.5) is 0 Å². The van der Waals surface area contributed by atoms with Gasteiger partial charge in [-0.1, -0.05) is 0 Å². The molecule has 1 saturated carbocycles. The standard InChI is InChI=1S/C13H19NO2S/c1-10(15)2-5-13(16)14(12-3-4-12)8-11-6-7-17-9-11/h6-7,9-10,12,15H,2-5,8H2,1H3. The van der Waals surface area contributed by atoms with E-state index in [4.69, 9.17) is 0 Å². The third-order valence-corrected chi connectivity index (χ3v) is 3.75. The first-order chi connectivity index (χ1) is 8.16. The molecule has 0 aliphatic heterocycles. The molecule has 1 aliphatic carbocycles. The predicted octanol–water partition coefficient (Wildman–Crippen LogP) is 2.40. The van der Waals surface area contributed by atoms with Gasteiger partial charge in [-0.25, -0.2) is 0 Å². The molecule has 1 atom stereocenters. The third kappa shape index (κ3) is 3.82. The molecule has 1 N–H and O–H groups in total. The van der Waals surface area contributed by atoms with Crippen LogP contribution in [0.5, 0.6) is 0 Å². The Morgan fingerprint density at radius 2 is 2.41 bits per heavy atom. The molecule has 1 aliphatic rings. The van der Waals surface area contributed by atoms with Gasteiger partial charge in [-0.3, -0.25) is 4.79 Å². The number of rotatable bonds is 6. The summed E-state index contributed by atoms with van der Waals surface area (Å²) in [5, 5.41) is 13.4. The number of amides is 1. The van der Waals surface area contributed by atoms with Crippen LogP contribution in [0.3, 0.4) is 0 Å². The minimum absolute atomic E-state index is 0.180. The maximum atomic E-state index is 12.1. The van der Waals surface area contributed by atoms with Crippen LogP contribution < -0.4 is 0 Å². The zero-order valence-corrected chi connectivity index (χ0v) is 10.9. The maximum absolute atomic E-state index is 12.1. The summed E-state index contributed by atoms with van der Waals surface area (Å²) in [6, 6.07) is 2.51. The Balaban J connectivity index is 1.90. The lowest BCUT2D eigenvalue weighted by Gasteiger charge is -2.22. The molecular weight excluding hydrogens is 234 g/mol. The summed E-state index contributed by atoms with van der Waals surface area (Å²) >= 11 is 1.67. The summed E-state index contributed by atoms with van der Waals surface area (Å²) in [5.74, 6) is 0.180. The van der Waals surface area contributed by atoms with Gasteiger partial charge < -0.3 is 10.0 Å². The van der Waals surface area contributed by atoms with E-state index in [0.717, 1.165) is 19.4 Å². The molecule has 1 aromatic heterocycles. The van der Waals surface area contributed by atoms with E-state index in [-0.39, 0.29) is 12.0 Å². The van der Waals surface area contributed by atoms with Crippen LogP contribution in [-0.2, 0) is 11.3 Å². The minimum Gasteiger partial charge on any atom is -0.393 e. The second kappa shape index (κ2) is 5.65. The van der Waals surface area contributed by atoms with E-state index in [0.29, 0.717) is 18.9 Å². The molecule has 94 valence electrons. The average Bonchev–Trinajstić information content (AvgIpc) is 3.00. The Morgan fingerprint density at radius 3 is 2.94 bits per heavy atom. The van der Waals surface area contributed by atoms with Crippen LogP contribution in [0.1, 0.15) is 38.2 Å². The number of carbonyl (C=O) groups excluding carboxylic acids is 1. The molecule has 0 spiro atoms. The molecule has 0 bridgehead atoms. The summed E-state index contributed by atoms with van der Waals surface area (Å²) in [4.78, 5) is 14.1. The molecule has 1 unspecified atom stereocenters. The highest BCUT2D eigenvalue weighted by Crippen LogP contribution is 2.29. The van der Waals surface area contributed by atoms with Crippen LogP contribution >= 0.6 is 11.3 Å². The van der Waals surface area contributed by atoms with Gasteiger partial charge in [-0.15, -0.1) is 0 Å². The maximum Gasteiger partial charge on any atom is 0.223 e. The van der Waals surface area contributed by atoms with Crippen molar-refractivity contribution in [1.82, 2.24) is 4.90 Å². The third-order valence-electron chi connectivity index (χ3n) is 3.02. The lowest BCUT2D eigenvalue weighted by molar-refractivity contribution is -0.133. The SMILES string of the molecule is CC(O)CCC(=O)N(Cc1ccsc1)C1CC1. The van der Waals surface area contributed by atoms with E-state index in [2.05, 4.69) is 11.4 Å². The Morgan fingerprint density at radius 1 is 1.65 bits per heavy atom. The summed E-state index contributed by atoms with van der Waals surface area (Å²) in [6.07, 6.45) is 2.89. The van der Waals surface area contributed by atoms with Crippen LogP contribution in [-0.4, -0.2) is 28.1 Å². The van der Waals surface area contributed by atoms with Crippen molar-refractivity contribution in [2.45, 2.75) is 51.3 Å². The summed E-state index contributed by atoms with van der Waals surface area (Å²) in [5.41, 5.74) is 1.22. The number of carbonyl (C=O) groups is 1. The van der Waals surface area contributed by atoms with Crippen LogP contribution in [0.2, 0.25) is 0 Å². The molecule has 17 heavy (non-hydrogen) atoms. The molecule has 2 rings (SSSR count). The lowest BCUT2D eigenvalue weighted by Crippen LogP contribution is -2.32. The zero-order valence-electron chi connectivity index (χ0n) is 10.1. The smallest absolute Gasteiger partial charge is 0.223 e. The van der Waals surface area contributed by atoms with E-state index < -0.39 is 0 Å². The van der Waals surface area contributed by atoms with Gasteiger partial charge in [-0.2, -0.15) is 11.3 Å². The van der Waals surface area contributed by atoms with Gasteiger partial charge in [0.15, 0.2) is 0 Å². The second-order valence-corrected chi connectivity index (χ2v) is 5.55. The molecule has 0 saturated heterocycles. The normalized spacial score (nSPS) is 16.8. The van der Waals surface area contributed by atoms with Crippen LogP contribution in [0, 0.1) is 0 Å². The first-order valence-corrected chi connectivity index (χ1v) is 7.09. The molecule has 4 heteroatoms. The zero-order chi connectivity index (χ0) is 12.3. The molecule has 0 radical (unpaired) electrons. The number of thiophene rings is 1. The van der Waals surface area contributed by atoms with Crippen LogP contribution in [0.15, 0.2) is 16.8 Å². The van der Waals surface area contributed by atoms with Crippen molar-refractivity contribution in [3.63, 3.8) is 0 Å². The number of aliphatic hydroxyl groups is 1. The number of hydrogen-bond donors (Lipinski definition) is 1. The fourth-order valence-corrected chi connectivity index (χ4v) is 2.52. The number of hydrogen-bond acceptors (Lipinski definition) is 3. The highest BCUT2D eigenvalue weighted by molar-refractivity contribution is 7.07. The highest BCUT2D eigenvalue weighted by atomic mass is 32.1. The van der Waals surface area contributed by atoms with E-state index in [9.17, 15) is 9.90 Å². The molecule has 3 nitrogen and oxygen atoms in total. The van der Waals surface area contributed by atoms with Gasteiger partial charge in [-0.05, 0) is 48.6 Å². The summed E-state index contributed by atoms with van der Waals surface area (Å²) in [6.45, 7) is 2.46. The van der Waals surface area contributed by atoms with Crippen molar-refractivity contribution in [2.75, 3.05) is 0 Å². The van der Waals surface area contributed by atoms with Crippen LogP contribution in [0.25, 0.3) is 0 Å². The summed E-state index contributed by atoms with van der Waals surface area (Å²) in [7, 11) is 0. The van der Waals surface area contributed by atoms with Gasteiger partial charge in [0, 0.05) is 19.0 Å². The average molecular weight is 253 g/mol. The first kappa shape index (κ1) is 12.6. The van der Waals surface area contributed by atoms with Crippen molar-refractivity contribution in [3.8, 4) is 0 Å². The van der Waals surface area contributed by atoms with Crippen molar-refractivity contribution in [3.05, 3.63) is 22.4 Å². The fraction of sp³-hybridized carbons (Fsp3) is 0.615. The Hall–Kier alpha value is -0.870. The van der Waals surface area contributed by atoms with E-state index in [1.165, 1.54) is 5.56 Å². The van der Waals surface area contributed by atoms with Gasteiger partial charge in [0.2, 0.25) is 5.91 Å². The molecule has 0 aromatic carbocycles. The fourth-order valence-electron chi connectivity index (χ4n) is 1.86. The Bertz CT molecular complexity index is 358. The van der Waals surface area contributed by atoms with Gasteiger partial charge in [0.1, 0.15) is 0 Å². The van der Waals surface area contributed by atoms with Gasteiger partial charge >= 0.3 is 0 Å². The molecule has 1 fully saturated rings. The lowest BCUT2D eigenvalue weighted by atomic mass is 10.2. The van der Waals surface area contributed by atoms with E-state index >= 15 is 0 Å². The van der Waals surface area contributed by atoms with E-state index in [1.807, 2.05) is 10.3 Å². The second-order valence-electron chi connectivity index (χ2n) is 4.77. The quantitative estimate of drug-likeness (QED) is 0.845. The Labute approximate surface area is 106 Å². The highest BCUT2D eigenvalue weighted by Gasteiger charge is 2.32. The van der Waals surface area contributed by atoms with Crippen molar-refractivity contribution < 1.29 is 9.90 Å². The monoisotopic (exact) mass is 253 g/mol. The Kier molecular flexibility index (Phi) is 4.18. The predicted molar refractivity (Wildman–Crippen MR) is 68.8 cm³/mol. The molecular formula is C13H19NO2S. The molecule has 1 heterocycles. The number of nitrogens with zero attached hydrogens (tertiary/aromatic N) is 1. The molecule has 1 amide bonds. The largest absolute Gasteiger partial charge is 0.393 e. The van der Waals surface area contributed by atoms with Gasteiger partial charge in [0.05, 0.1) is 6.10 Å². The van der Waals surface area contributed by atoms with Crippen molar-refractivity contribution in [1.29, 1.82) is 0 Å². The minimum atomic E-state index is -0.388. The van der Waals surface area contributed by atoms with Crippen molar-refractivity contribution >= 4 is 17.2 Å².